The second kappa shape index (κ2) is 14.0. The van der Waals surface area contributed by atoms with Crippen molar-refractivity contribution in [2.24, 2.45) is 0 Å². The number of carbonyl (C=O) groups excluding carboxylic acids is 1. The second-order valence-electron chi connectivity index (χ2n) is 7.15. The van der Waals surface area contributed by atoms with Crippen molar-refractivity contribution in [3.05, 3.63) is 109 Å². The molecule has 0 aromatic heterocycles. The van der Waals surface area contributed by atoms with Crippen LogP contribution in [0, 0.1) is 19.3 Å². The van der Waals surface area contributed by atoms with Crippen molar-refractivity contribution in [3.63, 3.8) is 0 Å². The van der Waals surface area contributed by atoms with E-state index < -0.39 is 11.8 Å². The van der Waals surface area contributed by atoms with Crippen molar-refractivity contribution in [2.75, 3.05) is 25.6 Å². The summed E-state index contributed by atoms with van der Waals surface area (Å²) in [4.78, 5) is 14.0. The van der Waals surface area contributed by atoms with E-state index in [1.165, 1.54) is 19.2 Å². The number of benzene rings is 3. The van der Waals surface area contributed by atoms with Gasteiger partial charge in [0.1, 0.15) is 5.82 Å². The summed E-state index contributed by atoms with van der Waals surface area (Å²) in [6, 6.07) is 21.0. The Kier molecular flexibility index (Phi) is 12.2. The molecule has 0 aliphatic rings. The molecule has 4 nitrogen and oxygen atoms in total. The molecule has 0 aliphatic carbocycles. The normalized spacial score (nSPS) is 10.9. The number of likely N-dealkylation sites (N-methyl/N-ethyl adjacent to an activating group) is 1. The summed E-state index contributed by atoms with van der Waals surface area (Å²) in [6.45, 7) is 4.45. The maximum absolute atomic E-state index is 14.0. The van der Waals surface area contributed by atoms with Crippen molar-refractivity contribution in [3.8, 4) is 11.1 Å². The number of nitrogens with zero attached hydrogens (tertiary/aromatic N) is 2. The van der Waals surface area contributed by atoms with E-state index in [2.05, 4.69) is 27.6 Å². The van der Waals surface area contributed by atoms with Crippen molar-refractivity contribution < 1.29 is 33.7 Å². The van der Waals surface area contributed by atoms with Crippen LogP contribution in [0.5, 0.6) is 0 Å². The second-order valence-corrected chi connectivity index (χ2v) is 7.56. The van der Waals surface area contributed by atoms with Crippen LogP contribution in [0.4, 0.5) is 15.8 Å². The maximum atomic E-state index is 14.0. The molecular formula is C27H27ClFN2O2Os-3. The molecule has 0 N–H and O–H groups in total. The molecule has 0 radical (unpaired) electrons. The minimum absolute atomic E-state index is 0. The molecule has 0 bridgehead atoms. The van der Waals surface area contributed by atoms with Crippen LogP contribution in [-0.4, -0.2) is 32.7 Å². The number of methoxy groups -OCH3 is 1. The topological polar surface area (TPSA) is 43.6 Å². The molecule has 34 heavy (non-hydrogen) atoms. The zero-order valence-corrected chi connectivity index (χ0v) is 22.7. The maximum Gasteiger partial charge on any atom is 0.340 e. The van der Waals surface area contributed by atoms with Crippen LogP contribution in [0.15, 0.2) is 73.3 Å². The Bertz CT molecular complexity index is 1100. The Morgan fingerprint density at radius 1 is 1.26 bits per heavy atom. The molecule has 0 spiro atoms. The van der Waals surface area contributed by atoms with Gasteiger partial charge in [-0.2, -0.15) is 19.2 Å². The standard InChI is InChI=1S/C26H24ClFN2O2.CH3.Os/c1-4-8-19(29-2)17-30(20-9-6-5-7-10-20)21-12-13-22(24(27)16-21)18-11-14-25(28)23(15-18)26(31)32-3;;/h4-7,9-11,13-16,19H,1,8,17H2,2-3H3;1H3;/q-2;-1;/t19-;;/m1../s1. The fraction of sp³-hybridized carbons (Fsp3) is 0.185. The SMILES string of the molecule is C=CC[C@H](CN(c1[c-]cc(-c2ccc(F)c(C(=O)OC)c2)c(Cl)c1)c1ccccc1)[N-]C.[CH3-].[Os]. The largest absolute Gasteiger partial charge is 0.661 e. The third-order valence-electron chi connectivity index (χ3n) is 5.12. The summed E-state index contributed by atoms with van der Waals surface area (Å²) in [5, 5.41) is 4.91. The molecule has 3 aromatic rings. The first-order chi connectivity index (χ1) is 15.5. The summed E-state index contributed by atoms with van der Waals surface area (Å²) in [5.41, 5.74) is 2.85. The van der Waals surface area contributed by atoms with E-state index in [1.54, 1.807) is 19.2 Å². The Balaban J connectivity index is 0.00000289. The fourth-order valence-corrected chi connectivity index (χ4v) is 3.67. The van der Waals surface area contributed by atoms with Gasteiger partial charge in [-0.1, -0.05) is 46.6 Å². The molecule has 0 saturated carbocycles. The van der Waals surface area contributed by atoms with E-state index in [1.807, 2.05) is 42.5 Å². The van der Waals surface area contributed by atoms with Gasteiger partial charge in [0.25, 0.3) is 0 Å². The minimum Gasteiger partial charge on any atom is -0.661 e. The van der Waals surface area contributed by atoms with Gasteiger partial charge in [-0.15, -0.1) is 35.9 Å². The molecule has 1 atom stereocenters. The Hall–Kier alpha value is -2.51. The smallest absolute Gasteiger partial charge is 0.340 e. The summed E-state index contributed by atoms with van der Waals surface area (Å²) in [7, 11) is 3.01. The van der Waals surface area contributed by atoms with E-state index in [4.69, 9.17) is 11.6 Å². The Morgan fingerprint density at radius 2 is 1.97 bits per heavy atom. The predicted octanol–water partition coefficient (Wildman–Crippen LogP) is 7.27. The van der Waals surface area contributed by atoms with E-state index in [-0.39, 0.29) is 38.8 Å². The number of para-hydroxylation sites is 1. The van der Waals surface area contributed by atoms with E-state index in [9.17, 15) is 9.18 Å². The number of carbonyl (C=O) groups is 1. The third kappa shape index (κ3) is 6.99. The minimum atomic E-state index is -0.743. The van der Waals surface area contributed by atoms with Crippen LogP contribution in [-0.2, 0) is 24.5 Å². The quantitative estimate of drug-likeness (QED) is 0.138. The van der Waals surface area contributed by atoms with E-state index in [0.717, 1.165) is 17.8 Å². The zero-order chi connectivity index (χ0) is 23.1. The van der Waals surface area contributed by atoms with Gasteiger partial charge in [-0.3, -0.25) is 0 Å². The van der Waals surface area contributed by atoms with Gasteiger partial charge in [0.15, 0.2) is 0 Å². The van der Waals surface area contributed by atoms with Crippen LogP contribution >= 0.6 is 11.6 Å². The summed E-state index contributed by atoms with van der Waals surface area (Å²) in [5.74, 6) is -1.39. The van der Waals surface area contributed by atoms with Crippen LogP contribution < -0.4 is 4.90 Å². The molecule has 3 aromatic carbocycles. The summed E-state index contributed by atoms with van der Waals surface area (Å²) >= 11 is 6.64. The average Bonchev–Trinajstić information content (AvgIpc) is 2.82. The van der Waals surface area contributed by atoms with Crippen LogP contribution in [0.2, 0.25) is 5.02 Å². The number of anilines is 2. The molecule has 182 valence electrons. The first-order valence-electron chi connectivity index (χ1n) is 10.1. The van der Waals surface area contributed by atoms with Crippen LogP contribution in [0.1, 0.15) is 16.8 Å². The molecule has 0 heterocycles. The number of hydrogen-bond donors (Lipinski definition) is 0. The van der Waals surface area contributed by atoms with Gasteiger partial charge < -0.3 is 22.4 Å². The number of rotatable bonds is 9. The van der Waals surface area contributed by atoms with Gasteiger partial charge in [0.2, 0.25) is 0 Å². The fourth-order valence-electron chi connectivity index (χ4n) is 3.41. The molecule has 7 heteroatoms. The van der Waals surface area contributed by atoms with Gasteiger partial charge in [-0.05, 0) is 30.7 Å². The first kappa shape index (κ1) is 29.5. The Morgan fingerprint density at radius 3 is 2.56 bits per heavy atom. The zero-order valence-electron chi connectivity index (χ0n) is 19.4. The molecule has 0 unspecified atom stereocenters. The van der Waals surface area contributed by atoms with Gasteiger partial charge in [-0.25, -0.2) is 9.18 Å². The number of ether oxygens (including phenoxy) is 1. The summed E-state index contributed by atoms with van der Waals surface area (Å²) in [6.07, 6.45) is 2.60. The monoisotopic (exact) mass is 657 g/mol. The number of halogens is 2. The van der Waals surface area contributed by atoms with Crippen molar-refractivity contribution in [1.29, 1.82) is 0 Å². The first-order valence-corrected chi connectivity index (χ1v) is 10.5. The van der Waals surface area contributed by atoms with Crippen molar-refractivity contribution in [1.82, 2.24) is 0 Å². The van der Waals surface area contributed by atoms with E-state index in [0.29, 0.717) is 22.7 Å². The van der Waals surface area contributed by atoms with Gasteiger partial charge in [0.05, 0.1) is 12.7 Å². The van der Waals surface area contributed by atoms with Crippen molar-refractivity contribution in [2.45, 2.75) is 12.5 Å². The number of hydrogen-bond acceptors (Lipinski definition) is 3. The molecular weight excluding hydrogens is 629 g/mol. The average molecular weight is 656 g/mol. The molecule has 0 fully saturated rings. The Labute approximate surface area is 219 Å². The third-order valence-corrected chi connectivity index (χ3v) is 5.44. The van der Waals surface area contributed by atoms with Crippen LogP contribution in [0.3, 0.4) is 0 Å². The van der Waals surface area contributed by atoms with E-state index >= 15 is 0 Å². The number of esters is 1. The molecule has 0 aliphatic heterocycles. The molecule has 0 amide bonds. The van der Waals surface area contributed by atoms with Gasteiger partial charge in [0, 0.05) is 32.0 Å². The van der Waals surface area contributed by atoms with Gasteiger partial charge >= 0.3 is 5.97 Å². The molecule has 3 rings (SSSR count). The van der Waals surface area contributed by atoms with Crippen LogP contribution in [0.25, 0.3) is 16.4 Å². The molecule has 0 saturated heterocycles. The predicted molar refractivity (Wildman–Crippen MR) is 135 cm³/mol. The summed E-state index contributed by atoms with van der Waals surface area (Å²) < 4.78 is 18.7. The van der Waals surface area contributed by atoms with Crippen molar-refractivity contribution >= 4 is 28.9 Å².